The number of carbonyl (C=O) groups excluding carboxylic acids is 1. The minimum atomic E-state index is -1.26. The van der Waals surface area contributed by atoms with Crippen LogP contribution in [0.2, 0.25) is 5.02 Å². The molecule has 0 N–H and O–H groups in total. The molecule has 0 radical (unpaired) electrons. The molecular formula is C20H16ClF2NO4. The highest BCUT2D eigenvalue weighted by atomic mass is 35.5. The number of hydrogen-bond donors (Lipinski definition) is 0. The summed E-state index contributed by atoms with van der Waals surface area (Å²) in [5, 5.41) is 4.28. The Kier molecular flexibility index (Phi) is 5.65. The number of aromatic nitrogens is 1. The second-order valence-corrected chi connectivity index (χ2v) is 6.89. The summed E-state index contributed by atoms with van der Waals surface area (Å²) in [6.45, 7) is 2.93. The van der Waals surface area contributed by atoms with Crippen LogP contribution in [0, 0.1) is 11.6 Å². The van der Waals surface area contributed by atoms with Crippen molar-refractivity contribution < 1.29 is 27.6 Å². The van der Waals surface area contributed by atoms with Crippen LogP contribution in [-0.4, -0.2) is 16.7 Å². The predicted molar refractivity (Wildman–Crippen MR) is 97.8 cm³/mol. The lowest BCUT2D eigenvalue weighted by Gasteiger charge is -2.24. The first-order valence-corrected chi connectivity index (χ1v) is 8.65. The smallest absolute Gasteiger partial charge is 0.350 e. The summed E-state index contributed by atoms with van der Waals surface area (Å²) in [7, 11) is 0. The van der Waals surface area contributed by atoms with E-state index in [4.69, 9.17) is 25.6 Å². The van der Waals surface area contributed by atoms with Crippen LogP contribution in [0.1, 0.15) is 19.5 Å². The third kappa shape index (κ3) is 4.67. The molecule has 146 valence electrons. The fraction of sp³-hybridized carbons (Fsp3) is 0.200. The molecule has 5 nitrogen and oxygen atoms in total. The van der Waals surface area contributed by atoms with Gasteiger partial charge in [0, 0.05) is 17.2 Å². The molecule has 0 unspecified atom stereocenters. The van der Waals surface area contributed by atoms with Crippen molar-refractivity contribution >= 4 is 17.6 Å². The predicted octanol–water partition coefficient (Wildman–Crippen LogP) is 5.17. The Hall–Kier alpha value is -2.93. The lowest BCUT2D eigenvalue weighted by Crippen LogP contribution is -2.39. The van der Waals surface area contributed by atoms with Gasteiger partial charge in [0.1, 0.15) is 29.7 Å². The summed E-state index contributed by atoms with van der Waals surface area (Å²) in [5.74, 6) is -1.54. The van der Waals surface area contributed by atoms with Crippen molar-refractivity contribution in [1.82, 2.24) is 5.16 Å². The van der Waals surface area contributed by atoms with Gasteiger partial charge in [-0.25, -0.2) is 13.6 Å². The van der Waals surface area contributed by atoms with E-state index in [1.165, 1.54) is 12.1 Å². The first-order valence-electron chi connectivity index (χ1n) is 8.27. The number of nitrogens with zero attached hydrogens (tertiary/aromatic N) is 1. The van der Waals surface area contributed by atoms with E-state index in [1.807, 2.05) is 0 Å². The first kappa shape index (κ1) is 19.8. The third-order valence-electron chi connectivity index (χ3n) is 3.78. The molecule has 0 aliphatic heterocycles. The molecule has 1 aromatic heterocycles. The average Bonchev–Trinajstić information content (AvgIpc) is 3.10. The molecular weight excluding hydrogens is 392 g/mol. The van der Waals surface area contributed by atoms with Gasteiger partial charge in [-0.15, -0.1) is 0 Å². The molecule has 0 atom stereocenters. The summed E-state index contributed by atoms with van der Waals surface area (Å²) >= 11 is 5.82. The second-order valence-electron chi connectivity index (χ2n) is 6.45. The van der Waals surface area contributed by atoms with Crippen LogP contribution < -0.4 is 4.74 Å². The fourth-order valence-electron chi connectivity index (χ4n) is 2.35. The molecule has 8 heteroatoms. The van der Waals surface area contributed by atoms with Gasteiger partial charge in [-0.05, 0) is 50.2 Å². The topological polar surface area (TPSA) is 61.6 Å². The largest absolute Gasteiger partial charge is 0.476 e. The van der Waals surface area contributed by atoms with Gasteiger partial charge in [0.25, 0.3) is 0 Å². The molecule has 2 aromatic carbocycles. The van der Waals surface area contributed by atoms with Gasteiger partial charge < -0.3 is 14.0 Å². The lowest BCUT2D eigenvalue weighted by atomic mass is 10.1. The Morgan fingerprint density at radius 2 is 1.86 bits per heavy atom. The molecule has 0 saturated heterocycles. The summed E-state index contributed by atoms with van der Waals surface area (Å²) in [5.41, 5.74) is -0.934. The Balaban J connectivity index is 1.62. The third-order valence-corrected chi connectivity index (χ3v) is 4.04. The van der Waals surface area contributed by atoms with E-state index < -0.39 is 23.2 Å². The minimum Gasteiger partial charge on any atom is -0.476 e. The van der Waals surface area contributed by atoms with Crippen LogP contribution in [-0.2, 0) is 16.1 Å². The molecule has 1 heterocycles. The Labute approximate surface area is 164 Å². The number of benzene rings is 2. The number of esters is 1. The summed E-state index contributed by atoms with van der Waals surface area (Å²) in [6.07, 6.45) is 0. The maximum atomic E-state index is 13.8. The van der Waals surface area contributed by atoms with Crippen LogP contribution in [0.25, 0.3) is 11.3 Å². The second kappa shape index (κ2) is 7.98. The van der Waals surface area contributed by atoms with Gasteiger partial charge in [-0.1, -0.05) is 16.8 Å². The average molecular weight is 408 g/mol. The van der Waals surface area contributed by atoms with Crippen molar-refractivity contribution in [3.63, 3.8) is 0 Å². The zero-order chi connectivity index (χ0) is 20.3. The van der Waals surface area contributed by atoms with Crippen LogP contribution in [0.15, 0.2) is 53.1 Å². The Bertz CT molecular complexity index is 986. The van der Waals surface area contributed by atoms with E-state index in [9.17, 15) is 13.6 Å². The lowest BCUT2D eigenvalue weighted by molar-refractivity contribution is -0.160. The SMILES string of the molecule is CC(C)(Oc1ccc(Cl)cc1)C(=O)OCc1cc(-c2ccc(F)cc2F)on1. The number of carbonyl (C=O) groups is 1. The van der Waals surface area contributed by atoms with Gasteiger partial charge >= 0.3 is 5.97 Å². The van der Waals surface area contributed by atoms with E-state index in [-0.39, 0.29) is 23.6 Å². The van der Waals surface area contributed by atoms with Crippen molar-refractivity contribution in [1.29, 1.82) is 0 Å². The maximum Gasteiger partial charge on any atom is 0.350 e. The van der Waals surface area contributed by atoms with Crippen LogP contribution in [0.5, 0.6) is 5.75 Å². The van der Waals surface area contributed by atoms with Gasteiger partial charge in [0.2, 0.25) is 0 Å². The molecule has 28 heavy (non-hydrogen) atoms. The fourth-order valence-corrected chi connectivity index (χ4v) is 2.47. The molecule has 0 saturated carbocycles. The first-order chi connectivity index (χ1) is 13.2. The van der Waals surface area contributed by atoms with Crippen LogP contribution in [0.3, 0.4) is 0 Å². The highest BCUT2D eigenvalue weighted by molar-refractivity contribution is 6.30. The highest BCUT2D eigenvalue weighted by Gasteiger charge is 2.32. The van der Waals surface area contributed by atoms with Crippen molar-refractivity contribution in [2.24, 2.45) is 0 Å². The molecule has 0 fully saturated rings. The molecule has 3 rings (SSSR count). The molecule has 0 bridgehead atoms. The van der Waals surface area contributed by atoms with Crippen molar-refractivity contribution in [2.75, 3.05) is 0 Å². The van der Waals surface area contributed by atoms with E-state index in [0.717, 1.165) is 12.1 Å². The van der Waals surface area contributed by atoms with Gasteiger partial charge in [0.05, 0.1) is 5.56 Å². The monoisotopic (exact) mass is 407 g/mol. The summed E-state index contributed by atoms with van der Waals surface area (Å²) < 4.78 is 42.7. The van der Waals surface area contributed by atoms with Gasteiger partial charge in [-0.2, -0.15) is 0 Å². The van der Waals surface area contributed by atoms with Crippen LogP contribution in [0.4, 0.5) is 8.78 Å². The Morgan fingerprint density at radius 1 is 1.14 bits per heavy atom. The van der Waals surface area contributed by atoms with E-state index in [2.05, 4.69) is 5.16 Å². The normalized spacial score (nSPS) is 11.3. The standard InChI is InChI=1S/C20H16ClF2NO4/c1-20(2,27-15-6-3-12(21)4-7-15)19(25)26-11-14-10-18(28-24-14)16-8-5-13(22)9-17(16)23/h3-10H,11H2,1-2H3. The maximum absolute atomic E-state index is 13.8. The minimum absolute atomic E-state index is 0.0536. The summed E-state index contributed by atoms with van der Waals surface area (Å²) in [6, 6.07) is 11.1. The zero-order valence-electron chi connectivity index (χ0n) is 15.0. The molecule has 0 aliphatic rings. The Morgan fingerprint density at radius 3 is 2.54 bits per heavy atom. The molecule has 0 amide bonds. The van der Waals surface area contributed by atoms with E-state index in [0.29, 0.717) is 10.8 Å². The van der Waals surface area contributed by atoms with Crippen molar-refractivity contribution in [2.45, 2.75) is 26.1 Å². The van der Waals surface area contributed by atoms with Gasteiger partial charge in [-0.3, -0.25) is 0 Å². The number of halogens is 3. The number of hydrogen-bond acceptors (Lipinski definition) is 5. The zero-order valence-corrected chi connectivity index (χ0v) is 15.8. The van der Waals surface area contributed by atoms with E-state index >= 15 is 0 Å². The van der Waals surface area contributed by atoms with Crippen molar-refractivity contribution in [3.05, 3.63) is 70.9 Å². The van der Waals surface area contributed by atoms with Crippen LogP contribution >= 0.6 is 11.6 Å². The quantitative estimate of drug-likeness (QED) is 0.527. The molecule has 0 aliphatic carbocycles. The number of rotatable bonds is 6. The number of ether oxygens (including phenoxy) is 2. The highest BCUT2D eigenvalue weighted by Crippen LogP contribution is 2.25. The van der Waals surface area contributed by atoms with Crippen molar-refractivity contribution in [3.8, 4) is 17.1 Å². The molecule has 3 aromatic rings. The molecule has 0 spiro atoms. The summed E-state index contributed by atoms with van der Waals surface area (Å²) in [4.78, 5) is 12.3. The van der Waals surface area contributed by atoms with E-state index in [1.54, 1.807) is 38.1 Å². The van der Waals surface area contributed by atoms with Gasteiger partial charge in [0.15, 0.2) is 11.4 Å².